The minimum Gasteiger partial charge on any atom is -0.368 e. The molecule has 20 heavy (non-hydrogen) atoms. The van der Waals surface area contributed by atoms with Crippen LogP contribution < -0.4 is 11.1 Å². The summed E-state index contributed by atoms with van der Waals surface area (Å²) in [5.74, 6) is 0.130. The molecule has 1 aromatic rings. The third-order valence-corrected chi connectivity index (χ3v) is 4.67. The van der Waals surface area contributed by atoms with Crippen LogP contribution in [0.25, 0.3) is 0 Å². The fraction of sp³-hybridized carbons (Fsp3) is 0.643. The molecule has 0 unspecified atom stereocenters. The van der Waals surface area contributed by atoms with Gasteiger partial charge in [-0.2, -0.15) is 0 Å². The molecule has 2 saturated heterocycles. The molecule has 1 aromatic heterocycles. The second-order valence-electron chi connectivity index (χ2n) is 5.84. The molecule has 3 heterocycles. The molecular formula is C14H21N5O. The van der Waals surface area contributed by atoms with E-state index in [1.807, 2.05) is 4.90 Å². The first-order valence-corrected chi connectivity index (χ1v) is 7.27. The lowest BCUT2D eigenvalue weighted by molar-refractivity contribution is 0.0491. The van der Waals surface area contributed by atoms with E-state index >= 15 is 0 Å². The van der Waals surface area contributed by atoms with Crippen LogP contribution >= 0.6 is 0 Å². The number of nitrogens with two attached hydrogens (primary N) is 1. The van der Waals surface area contributed by atoms with Crippen molar-refractivity contribution in [2.75, 3.05) is 31.9 Å². The van der Waals surface area contributed by atoms with Gasteiger partial charge in [0.15, 0.2) is 0 Å². The number of anilines is 1. The molecular weight excluding hydrogens is 254 g/mol. The van der Waals surface area contributed by atoms with Crippen molar-refractivity contribution >= 4 is 11.9 Å². The van der Waals surface area contributed by atoms with Gasteiger partial charge in [0.1, 0.15) is 5.69 Å². The highest BCUT2D eigenvalue weighted by atomic mass is 16.2. The predicted octanol–water partition coefficient (Wildman–Crippen LogP) is 0.665. The maximum atomic E-state index is 12.4. The van der Waals surface area contributed by atoms with E-state index in [4.69, 9.17) is 5.73 Å². The first-order chi connectivity index (χ1) is 9.69. The molecule has 0 bridgehead atoms. The van der Waals surface area contributed by atoms with Gasteiger partial charge in [0, 0.05) is 19.3 Å². The number of amides is 1. The van der Waals surface area contributed by atoms with Crippen molar-refractivity contribution in [3.63, 3.8) is 0 Å². The lowest BCUT2D eigenvalue weighted by atomic mass is 9.71. The van der Waals surface area contributed by atoms with E-state index in [1.54, 1.807) is 6.07 Å². The van der Waals surface area contributed by atoms with Crippen molar-refractivity contribution in [3.05, 3.63) is 18.0 Å². The van der Waals surface area contributed by atoms with Crippen LogP contribution in [0, 0.1) is 5.41 Å². The second-order valence-corrected chi connectivity index (χ2v) is 5.84. The summed E-state index contributed by atoms with van der Waals surface area (Å²) in [6, 6.07) is 1.63. The number of likely N-dealkylation sites (tertiary alicyclic amines) is 1. The number of aromatic nitrogens is 2. The molecule has 2 aliphatic heterocycles. The van der Waals surface area contributed by atoms with Crippen LogP contribution in [0.15, 0.2) is 12.3 Å². The largest absolute Gasteiger partial charge is 0.368 e. The monoisotopic (exact) mass is 275 g/mol. The molecule has 0 aromatic carbocycles. The standard InChI is InChI=1S/C14H21N5O/c15-13-17-6-1-11(18-13)12(20)19-9-4-14(5-10-19)2-7-16-8-3-14/h1,6,16H,2-5,7-10H2,(H2,15,17,18). The molecule has 6 heteroatoms. The van der Waals surface area contributed by atoms with Gasteiger partial charge in [-0.05, 0) is 50.3 Å². The molecule has 108 valence electrons. The van der Waals surface area contributed by atoms with Gasteiger partial charge < -0.3 is 16.0 Å². The minimum atomic E-state index is -0.0251. The molecule has 0 aliphatic carbocycles. The van der Waals surface area contributed by atoms with E-state index in [9.17, 15) is 4.79 Å². The van der Waals surface area contributed by atoms with E-state index in [2.05, 4.69) is 15.3 Å². The third-order valence-electron chi connectivity index (χ3n) is 4.67. The van der Waals surface area contributed by atoms with Crippen LogP contribution in [0.5, 0.6) is 0 Å². The van der Waals surface area contributed by atoms with Gasteiger partial charge >= 0.3 is 0 Å². The molecule has 1 spiro atoms. The Hall–Kier alpha value is -1.69. The Morgan fingerprint density at radius 2 is 1.95 bits per heavy atom. The van der Waals surface area contributed by atoms with Crippen LogP contribution in [0.2, 0.25) is 0 Å². The van der Waals surface area contributed by atoms with Crippen molar-refractivity contribution < 1.29 is 4.79 Å². The van der Waals surface area contributed by atoms with Gasteiger partial charge in [0.05, 0.1) is 0 Å². The quantitative estimate of drug-likeness (QED) is 0.786. The second kappa shape index (κ2) is 5.36. The highest BCUT2D eigenvalue weighted by Gasteiger charge is 2.36. The van der Waals surface area contributed by atoms with Crippen LogP contribution in [0.4, 0.5) is 5.95 Å². The Labute approximate surface area is 118 Å². The van der Waals surface area contributed by atoms with E-state index in [1.165, 1.54) is 19.0 Å². The fourth-order valence-electron chi connectivity index (χ4n) is 3.30. The summed E-state index contributed by atoms with van der Waals surface area (Å²) in [5, 5.41) is 3.41. The summed E-state index contributed by atoms with van der Waals surface area (Å²) in [6.45, 7) is 3.86. The van der Waals surface area contributed by atoms with E-state index in [0.29, 0.717) is 11.1 Å². The van der Waals surface area contributed by atoms with Crippen molar-refractivity contribution in [2.45, 2.75) is 25.7 Å². The minimum absolute atomic E-state index is 0.0251. The first kappa shape index (κ1) is 13.3. The number of hydrogen-bond donors (Lipinski definition) is 2. The number of nitrogens with one attached hydrogen (secondary N) is 1. The summed E-state index contributed by atoms with van der Waals surface area (Å²) in [7, 11) is 0. The average molecular weight is 275 g/mol. The lowest BCUT2D eigenvalue weighted by Crippen LogP contribution is -2.47. The summed E-state index contributed by atoms with van der Waals surface area (Å²) < 4.78 is 0. The molecule has 3 rings (SSSR count). The van der Waals surface area contributed by atoms with Crippen molar-refractivity contribution in [2.24, 2.45) is 5.41 Å². The highest BCUT2D eigenvalue weighted by molar-refractivity contribution is 5.92. The van der Waals surface area contributed by atoms with E-state index < -0.39 is 0 Å². The molecule has 2 fully saturated rings. The zero-order chi connectivity index (χ0) is 14.0. The zero-order valence-corrected chi connectivity index (χ0v) is 11.6. The van der Waals surface area contributed by atoms with Crippen molar-refractivity contribution in [3.8, 4) is 0 Å². The van der Waals surface area contributed by atoms with Crippen LogP contribution in [-0.4, -0.2) is 47.0 Å². The smallest absolute Gasteiger partial charge is 0.272 e. The average Bonchev–Trinajstić information content (AvgIpc) is 2.48. The highest BCUT2D eigenvalue weighted by Crippen LogP contribution is 2.39. The Morgan fingerprint density at radius 3 is 2.60 bits per heavy atom. The van der Waals surface area contributed by atoms with Crippen LogP contribution in [0.3, 0.4) is 0 Å². The van der Waals surface area contributed by atoms with Gasteiger partial charge in [-0.1, -0.05) is 0 Å². The molecule has 6 nitrogen and oxygen atoms in total. The SMILES string of the molecule is Nc1nccc(C(=O)N2CCC3(CCNCC3)CC2)n1. The predicted molar refractivity (Wildman–Crippen MR) is 76.1 cm³/mol. The first-order valence-electron chi connectivity index (χ1n) is 7.27. The van der Waals surface area contributed by atoms with Gasteiger partial charge in [0.2, 0.25) is 5.95 Å². The number of carbonyl (C=O) groups excluding carboxylic acids is 1. The molecule has 3 N–H and O–H groups in total. The summed E-state index contributed by atoms with van der Waals surface area (Å²) >= 11 is 0. The summed E-state index contributed by atoms with van der Waals surface area (Å²) in [6.07, 6.45) is 6.20. The van der Waals surface area contributed by atoms with Crippen molar-refractivity contribution in [1.82, 2.24) is 20.2 Å². The normalized spacial score (nSPS) is 21.9. The van der Waals surface area contributed by atoms with Crippen molar-refractivity contribution in [1.29, 1.82) is 0 Å². The number of nitrogens with zero attached hydrogens (tertiary/aromatic N) is 3. The van der Waals surface area contributed by atoms with E-state index in [0.717, 1.165) is 39.0 Å². The van der Waals surface area contributed by atoms with Gasteiger partial charge in [-0.25, -0.2) is 9.97 Å². The summed E-state index contributed by atoms with van der Waals surface area (Å²) in [4.78, 5) is 22.1. The third kappa shape index (κ3) is 2.60. The Bertz CT molecular complexity index is 488. The number of carbonyl (C=O) groups is 1. The molecule has 0 atom stereocenters. The molecule has 0 saturated carbocycles. The van der Waals surface area contributed by atoms with Gasteiger partial charge in [-0.15, -0.1) is 0 Å². The van der Waals surface area contributed by atoms with Crippen LogP contribution in [-0.2, 0) is 0 Å². The topological polar surface area (TPSA) is 84.1 Å². The number of hydrogen-bond acceptors (Lipinski definition) is 5. The molecule has 0 radical (unpaired) electrons. The Kier molecular flexibility index (Phi) is 3.56. The van der Waals surface area contributed by atoms with Gasteiger partial charge in [-0.3, -0.25) is 4.79 Å². The number of rotatable bonds is 1. The Morgan fingerprint density at radius 1 is 1.25 bits per heavy atom. The fourth-order valence-corrected chi connectivity index (χ4v) is 3.30. The molecule has 2 aliphatic rings. The van der Waals surface area contributed by atoms with Gasteiger partial charge in [0.25, 0.3) is 5.91 Å². The number of nitrogen functional groups attached to an aromatic ring is 1. The zero-order valence-electron chi connectivity index (χ0n) is 11.6. The summed E-state index contributed by atoms with van der Waals surface area (Å²) in [5.41, 5.74) is 6.39. The number of piperidine rings is 2. The maximum Gasteiger partial charge on any atom is 0.272 e. The van der Waals surface area contributed by atoms with E-state index in [-0.39, 0.29) is 11.9 Å². The lowest BCUT2D eigenvalue weighted by Gasteiger charge is -2.44. The molecule has 1 amide bonds. The Balaban J connectivity index is 1.64. The van der Waals surface area contributed by atoms with Crippen LogP contribution in [0.1, 0.15) is 36.2 Å². The maximum absolute atomic E-state index is 12.4.